The van der Waals surface area contributed by atoms with E-state index in [0.717, 1.165) is 44.9 Å². The maximum atomic E-state index is 13.3. The van der Waals surface area contributed by atoms with Crippen LogP contribution in [0.2, 0.25) is 0 Å². The summed E-state index contributed by atoms with van der Waals surface area (Å²) in [5.41, 5.74) is 0. The second-order valence-corrected chi connectivity index (χ2v) is 24.3. The normalized spacial score (nSPS) is 24.1. The van der Waals surface area contributed by atoms with Gasteiger partial charge < -0.3 is 65.1 Å². The number of hydrogen-bond donors (Lipinski definition) is 9. The van der Waals surface area contributed by atoms with Crippen molar-refractivity contribution in [3.8, 4) is 0 Å². The van der Waals surface area contributed by atoms with E-state index < -0.39 is 86.8 Å². The topological polar surface area (TPSA) is 228 Å². The monoisotopic (exact) mass is 1170 g/mol. The Labute approximate surface area is 500 Å². The van der Waals surface area contributed by atoms with Crippen molar-refractivity contribution in [1.29, 1.82) is 0 Å². The van der Waals surface area contributed by atoms with Gasteiger partial charge in [0.05, 0.1) is 32.0 Å². The fourth-order valence-corrected chi connectivity index (χ4v) is 11.3. The van der Waals surface area contributed by atoms with Gasteiger partial charge in [0.15, 0.2) is 12.6 Å². The van der Waals surface area contributed by atoms with Crippen molar-refractivity contribution in [3.05, 3.63) is 36.5 Å². The maximum Gasteiger partial charge on any atom is 0.220 e. The highest BCUT2D eigenvalue weighted by molar-refractivity contribution is 5.76. The molecule has 12 atom stereocenters. The lowest BCUT2D eigenvalue weighted by molar-refractivity contribution is -0.359. The molecule has 9 N–H and O–H groups in total. The summed E-state index contributed by atoms with van der Waals surface area (Å²) in [5, 5.41) is 87.3. The molecule has 14 nitrogen and oxygen atoms in total. The minimum atomic E-state index is -1.79. The number of ether oxygens (including phenoxy) is 4. The number of nitrogens with one attached hydrogen (secondary N) is 1. The minimum absolute atomic E-state index is 0.247. The molecule has 482 valence electrons. The SMILES string of the molecule is CCCCCCCCCCCCCCC/C=C/CC/C=C/CC/C=C/C(O)C(COC1OC(CO)C(OC2OC(CO)C(O)C(O)C2O)C(O)C1O)NC(=O)CCCCCCCCCCCCCCCCCCCCCCCCCCC. The molecule has 0 saturated carbocycles. The Morgan fingerprint density at radius 3 is 1.20 bits per heavy atom. The van der Waals surface area contributed by atoms with Gasteiger partial charge in [-0.1, -0.05) is 281 Å². The Hall–Kier alpha value is -1.79. The molecule has 82 heavy (non-hydrogen) atoms. The van der Waals surface area contributed by atoms with Crippen LogP contribution in [0.25, 0.3) is 0 Å². The first-order chi connectivity index (χ1) is 40.1. The van der Waals surface area contributed by atoms with Crippen molar-refractivity contribution in [3.63, 3.8) is 0 Å². The maximum absolute atomic E-state index is 13.3. The third kappa shape index (κ3) is 37.7. The lowest BCUT2D eigenvalue weighted by Gasteiger charge is -2.46. The number of rotatable bonds is 56. The predicted octanol–water partition coefficient (Wildman–Crippen LogP) is 13.3. The van der Waals surface area contributed by atoms with Crippen molar-refractivity contribution in [2.24, 2.45) is 0 Å². The van der Waals surface area contributed by atoms with Gasteiger partial charge in [0, 0.05) is 6.42 Å². The van der Waals surface area contributed by atoms with Crippen molar-refractivity contribution in [2.75, 3.05) is 19.8 Å². The van der Waals surface area contributed by atoms with Gasteiger partial charge in [0.25, 0.3) is 0 Å². The number of aliphatic hydroxyl groups is 8. The molecule has 0 aromatic carbocycles. The van der Waals surface area contributed by atoms with Crippen molar-refractivity contribution >= 4 is 5.91 Å². The van der Waals surface area contributed by atoms with Gasteiger partial charge in [-0.15, -0.1) is 0 Å². The Kier molecular flexibility index (Phi) is 49.7. The fraction of sp³-hybridized carbons (Fsp3) is 0.897. The van der Waals surface area contributed by atoms with E-state index in [2.05, 4.69) is 43.5 Å². The average molecular weight is 1170 g/mol. The van der Waals surface area contributed by atoms with Crippen LogP contribution in [0.4, 0.5) is 0 Å². The summed E-state index contributed by atoms with van der Waals surface area (Å²) in [7, 11) is 0. The first kappa shape index (κ1) is 76.3. The molecule has 2 saturated heterocycles. The Morgan fingerprint density at radius 2 is 0.780 bits per heavy atom. The zero-order chi connectivity index (χ0) is 59.5. The number of hydrogen-bond acceptors (Lipinski definition) is 13. The number of unbranched alkanes of at least 4 members (excludes halogenated alkanes) is 39. The summed E-state index contributed by atoms with van der Waals surface area (Å²) in [6.45, 7) is 2.82. The zero-order valence-electron chi connectivity index (χ0n) is 52.2. The third-order valence-electron chi connectivity index (χ3n) is 16.8. The molecule has 0 radical (unpaired) electrons. The molecular formula is C68H127NO13. The van der Waals surface area contributed by atoms with Crippen LogP contribution in [0, 0.1) is 0 Å². The standard InChI is InChI=1S/C68H127NO13/c1-3-5-7-9-11-13-15-17-19-21-23-25-27-28-30-32-34-36-38-40-42-44-46-48-50-52-60(73)69-56(55-79-67-65(78)63(76)66(59(54-71)81-67)82-68-64(77)62(75)61(74)58(53-70)80-68)57(72)51-49-47-45-43-41-39-37-35-33-31-29-26-24-22-20-18-16-14-12-10-8-6-4-2/h33,35,41,43,49,51,56-59,61-68,70-72,74-78H,3-32,34,36-40,42,44-48,50,52-55H2,1-2H3,(H,69,73)/b35-33+,43-41+,51-49+. The minimum Gasteiger partial charge on any atom is -0.394 e. The second-order valence-electron chi connectivity index (χ2n) is 24.3. The van der Waals surface area contributed by atoms with E-state index in [9.17, 15) is 45.6 Å². The fourth-order valence-electron chi connectivity index (χ4n) is 11.3. The highest BCUT2D eigenvalue weighted by Crippen LogP contribution is 2.30. The molecule has 0 aromatic heterocycles. The predicted molar refractivity (Wildman–Crippen MR) is 332 cm³/mol. The van der Waals surface area contributed by atoms with E-state index >= 15 is 0 Å². The summed E-state index contributed by atoms with van der Waals surface area (Å²) in [5.74, 6) is -0.247. The van der Waals surface area contributed by atoms with Crippen molar-refractivity contribution < 1.29 is 64.6 Å². The van der Waals surface area contributed by atoms with Gasteiger partial charge >= 0.3 is 0 Å². The molecule has 0 bridgehead atoms. The molecule has 2 aliphatic rings. The molecule has 2 heterocycles. The first-order valence-corrected chi connectivity index (χ1v) is 34.2. The molecule has 2 aliphatic heterocycles. The third-order valence-corrected chi connectivity index (χ3v) is 16.8. The first-order valence-electron chi connectivity index (χ1n) is 34.2. The van der Waals surface area contributed by atoms with Gasteiger partial charge in [-0.05, 0) is 44.9 Å². The smallest absolute Gasteiger partial charge is 0.220 e. The zero-order valence-corrected chi connectivity index (χ0v) is 52.2. The molecule has 2 fully saturated rings. The van der Waals surface area contributed by atoms with E-state index in [1.807, 2.05) is 6.08 Å². The molecule has 0 aromatic rings. The van der Waals surface area contributed by atoms with Crippen LogP contribution in [0.1, 0.15) is 296 Å². The van der Waals surface area contributed by atoms with Crippen LogP contribution in [0.15, 0.2) is 36.5 Å². The molecular weight excluding hydrogens is 1040 g/mol. The van der Waals surface area contributed by atoms with E-state index in [1.54, 1.807) is 6.08 Å². The van der Waals surface area contributed by atoms with Crippen LogP contribution in [0.5, 0.6) is 0 Å². The second kappa shape index (κ2) is 53.4. The average Bonchev–Trinajstić information content (AvgIpc) is 3.67. The highest BCUT2D eigenvalue weighted by Gasteiger charge is 2.51. The Bertz CT molecular complexity index is 1510. The van der Waals surface area contributed by atoms with Gasteiger partial charge in [-0.25, -0.2) is 0 Å². The van der Waals surface area contributed by atoms with E-state index in [-0.39, 0.29) is 18.9 Å². The van der Waals surface area contributed by atoms with Gasteiger partial charge in [-0.3, -0.25) is 4.79 Å². The summed E-state index contributed by atoms with van der Waals surface area (Å²) in [6, 6.07) is -0.936. The molecule has 2 rings (SSSR count). The number of carbonyl (C=O) groups is 1. The van der Waals surface area contributed by atoms with Gasteiger partial charge in [0.1, 0.15) is 48.8 Å². The summed E-state index contributed by atoms with van der Waals surface area (Å²) in [6.07, 6.45) is 50.6. The molecule has 14 heteroatoms. The Morgan fingerprint density at radius 1 is 0.427 bits per heavy atom. The van der Waals surface area contributed by atoms with E-state index in [1.165, 1.54) is 218 Å². The largest absolute Gasteiger partial charge is 0.394 e. The quantitative estimate of drug-likeness (QED) is 0.0204. The molecule has 0 aliphatic carbocycles. The van der Waals surface area contributed by atoms with Crippen LogP contribution >= 0.6 is 0 Å². The van der Waals surface area contributed by atoms with Crippen LogP contribution in [0.3, 0.4) is 0 Å². The summed E-state index contributed by atoms with van der Waals surface area (Å²) >= 11 is 0. The number of carbonyl (C=O) groups excluding carboxylic acids is 1. The van der Waals surface area contributed by atoms with Crippen LogP contribution in [-0.4, -0.2) is 140 Å². The molecule has 0 spiro atoms. The summed E-state index contributed by atoms with van der Waals surface area (Å²) < 4.78 is 22.8. The van der Waals surface area contributed by atoms with E-state index in [4.69, 9.17) is 18.9 Å². The summed E-state index contributed by atoms with van der Waals surface area (Å²) in [4.78, 5) is 13.3. The van der Waals surface area contributed by atoms with Gasteiger partial charge in [0.2, 0.25) is 5.91 Å². The Balaban J connectivity index is 1.72. The van der Waals surface area contributed by atoms with Crippen molar-refractivity contribution in [2.45, 2.75) is 370 Å². The van der Waals surface area contributed by atoms with E-state index in [0.29, 0.717) is 12.8 Å². The van der Waals surface area contributed by atoms with Crippen LogP contribution < -0.4 is 5.32 Å². The highest BCUT2D eigenvalue weighted by atomic mass is 16.7. The van der Waals surface area contributed by atoms with Crippen molar-refractivity contribution in [1.82, 2.24) is 5.32 Å². The number of aliphatic hydroxyl groups excluding tert-OH is 8. The lowest BCUT2D eigenvalue weighted by atomic mass is 9.97. The van der Waals surface area contributed by atoms with Gasteiger partial charge in [-0.2, -0.15) is 0 Å². The van der Waals surface area contributed by atoms with Crippen LogP contribution in [-0.2, 0) is 23.7 Å². The number of amides is 1. The molecule has 1 amide bonds. The lowest BCUT2D eigenvalue weighted by Crippen LogP contribution is -2.65. The number of allylic oxidation sites excluding steroid dienone is 5. The molecule has 12 unspecified atom stereocenters.